The van der Waals surface area contributed by atoms with Gasteiger partial charge in [-0.1, -0.05) is 133 Å². The van der Waals surface area contributed by atoms with Crippen molar-refractivity contribution in [3.05, 3.63) is 83.7 Å². The molecule has 1 aliphatic carbocycles. The number of hydrogen-bond donors (Lipinski definition) is 1. The minimum Gasteiger partial charge on any atom is -0.289 e. The van der Waals surface area contributed by atoms with Crippen LogP contribution in [-0.4, -0.2) is 12.3 Å². The standard InChI is InChI=1S/C35H49NO/c1-2-3-4-5-6-7-8-9-10-11-12-13-14-15-16-19-28-36-29-26-31(27-30-36)22-24-34-33-21-18-17-20-32(33)23-25-35(34)37/h17-18,20-27,29-30H,2-16,19,28H2,1H3/p+1. The van der Waals surface area contributed by atoms with Crippen molar-refractivity contribution in [1.29, 1.82) is 0 Å². The Balaban J connectivity index is 1.20. The molecule has 0 saturated carbocycles. The molecule has 2 aliphatic rings. The summed E-state index contributed by atoms with van der Waals surface area (Å²) in [6.45, 7) is 3.46. The maximum absolute atomic E-state index is 12.4. The van der Waals surface area contributed by atoms with Crippen molar-refractivity contribution in [2.24, 2.45) is 0 Å². The lowest BCUT2D eigenvalue weighted by Crippen LogP contribution is -3.03. The fraction of sp³-hybridized carbons (Fsp3) is 0.514. The van der Waals surface area contributed by atoms with Gasteiger partial charge >= 0.3 is 0 Å². The van der Waals surface area contributed by atoms with Crippen LogP contribution in [0.5, 0.6) is 0 Å². The quantitative estimate of drug-likeness (QED) is 0.158. The van der Waals surface area contributed by atoms with E-state index in [0.29, 0.717) is 0 Å². The number of unbranched alkanes of at least 4 members (excludes halogenated alkanes) is 15. The maximum atomic E-state index is 12.4. The van der Waals surface area contributed by atoms with Gasteiger partial charge < -0.3 is 0 Å². The highest BCUT2D eigenvalue weighted by molar-refractivity contribution is 6.30. The molecule has 1 aliphatic heterocycles. The van der Waals surface area contributed by atoms with Gasteiger partial charge in [0, 0.05) is 5.57 Å². The smallest absolute Gasteiger partial charge is 0.186 e. The van der Waals surface area contributed by atoms with Gasteiger partial charge in [-0.2, -0.15) is 0 Å². The van der Waals surface area contributed by atoms with Gasteiger partial charge in [0.05, 0.1) is 18.9 Å². The van der Waals surface area contributed by atoms with Gasteiger partial charge in [-0.05, 0) is 53.8 Å². The van der Waals surface area contributed by atoms with Gasteiger partial charge in [-0.3, -0.25) is 9.69 Å². The van der Waals surface area contributed by atoms with Crippen LogP contribution in [0.2, 0.25) is 0 Å². The molecular formula is C35H50NO+. The summed E-state index contributed by atoms with van der Waals surface area (Å²) in [6, 6.07) is 8.09. The number of carbonyl (C=O) groups is 1. The largest absolute Gasteiger partial charge is 0.289 e. The molecule has 0 bridgehead atoms. The Bertz CT molecular complexity index is 945. The minimum absolute atomic E-state index is 0.0788. The van der Waals surface area contributed by atoms with E-state index in [1.54, 1.807) is 6.08 Å². The molecule has 200 valence electrons. The second-order valence-corrected chi connectivity index (χ2v) is 10.8. The number of benzene rings is 1. The second kappa shape index (κ2) is 17.9. The first kappa shape index (κ1) is 29.1. The van der Waals surface area contributed by atoms with E-state index in [4.69, 9.17) is 0 Å². The minimum atomic E-state index is 0.0788. The number of allylic oxidation sites excluding steroid dienone is 7. The number of rotatable bonds is 18. The summed E-state index contributed by atoms with van der Waals surface area (Å²) < 4.78 is 0. The van der Waals surface area contributed by atoms with Crippen LogP contribution < -0.4 is 4.90 Å². The third-order valence-electron chi connectivity index (χ3n) is 7.67. The molecule has 2 heteroatoms. The Morgan fingerprint density at radius 2 is 1.16 bits per heavy atom. The third-order valence-corrected chi connectivity index (χ3v) is 7.67. The highest BCUT2D eigenvalue weighted by atomic mass is 16.1. The van der Waals surface area contributed by atoms with Crippen LogP contribution in [0.3, 0.4) is 0 Å². The molecule has 0 saturated heterocycles. The summed E-state index contributed by atoms with van der Waals surface area (Å²) in [5.41, 5.74) is 4.04. The third kappa shape index (κ3) is 11.2. The number of carbonyl (C=O) groups excluding carboxylic acids is 1. The van der Waals surface area contributed by atoms with E-state index < -0.39 is 0 Å². The van der Waals surface area contributed by atoms with Gasteiger partial charge in [-0.15, -0.1) is 0 Å². The Morgan fingerprint density at radius 3 is 1.76 bits per heavy atom. The maximum Gasteiger partial charge on any atom is 0.186 e. The lowest BCUT2D eigenvalue weighted by Gasteiger charge is -2.14. The van der Waals surface area contributed by atoms with Gasteiger partial charge in [0.15, 0.2) is 5.78 Å². The first-order valence-electron chi connectivity index (χ1n) is 15.2. The number of fused-ring (bicyclic) bond motifs is 1. The molecule has 1 aromatic carbocycles. The molecular weight excluding hydrogens is 450 g/mol. The Hall–Kier alpha value is -2.45. The fourth-order valence-corrected chi connectivity index (χ4v) is 5.30. The van der Waals surface area contributed by atoms with Crippen LogP contribution >= 0.6 is 0 Å². The van der Waals surface area contributed by atoms with Crippen molar-refractivity contribution < 1.29 is 9.69 Å². The van der Waals surface area contributed by atoms with Crippen molar-refractivity contribution in [3.63, 3.8) is 0 Å². The summed E-state index contributed by atoms with van der Waals surface area (Å²) in [4.78, 5) is 13.8. The molecule has 37 heavy (non-hydrogen) atoms. The zero-order valence-corrected chi connectivity index (χ0v) is 23.4. The molecule has 0 aromatic heterocycles. The molecule has 0 unspecified atom stereocenters. The number of hydrogen-bond acceptors (Lipinski definition) is 1. The van der Waals surface area contributed by atoms with Gasteiger partial charge in [0.25, 0.3) is 0 Å². The highest BCUT2D eigenvalue weighted by Crippen LogP contribution is 2.26. The average molecular weight is 501 g/mol. The van der Waals surface area contributed by atoms with E-state index in [1.807, 2.05) is 30.4 Å². The Labute approximate surface area is 226 Å². The van der Waals surface area contributed by atoms with E-state index in [9.17, 15) is 4.79 Å². The van der Waals surface area contributed by atoms with E-state index in [0.717, 1.165) is 28.8 Å². The highest BCUT2D eigenvalue weighted by Gasteiger charge is 2.15. The van der Waals surface area contributed by atoms with Gasteiger partial charge in [-0.25, -0.2) is 0 Å². The van der Waals surface area contributed by atoms with Crippen LogP contribution in [0.1, 0.15) is 121 Å². The molecule has 2 nitrogen and oxygen atoms in total. The second-order valence-electron chi connectivity index (χ2n) is 10.8. The number of nitrogens with one attached hydrogen (secondary N) is 1. The topological polar surface area (TPSA) is 21.5 Å². The van der Waals surface area contributed by atoms with Crippen molar-refractivity contribution in [2.45, 2.75) is 110 Å². The first-order chi connectivity index (χ1) is 18.3. The lowest BCUT2D eigenvalue weighted by atomic mass is 9.91. The molecule has 0 atom stereocenters. The average Bonchev–Trinajstić information content (AvgIpc) is 2.93. The van der Waals surface area contributed by atoms with Crippen LogP contribution in [0.15, 0.2) is 72.6 Å². The van der Waals surface area contributed by atoms with Crippen molar-refractivity contribution in [1.82, 2.24) is 0 Å². The van der Waals surface area contributed by atoms with Gasteiger partial charge in [0.2, 0.25) is 0 Å². The number of quaternary nitrogens is 1. The monoisotopic (exact) mass is 500 g/mol. The summed E-state index contributed by atoms with van der Waals surface area (Å²) in [5.74, 6) is 0.0788. The van der Waals surface area contributed by atoms with Gasteiger partial charge in [0.1, 0.15) is 0 Å². The molecule has 1 N–H and O–H groups in total. The predicted molar refractivity (Wildman–Crippen MR) is 160 cm³/mol. The molecule has 1 heterocycles. The van der Waals surface area contributed by atoms with Crippen molar-refractivity contribution >= 4 is 17.4 Å². The van der Waals surface area contributed by atoms with Crippen LogP contribution in [0.25, 0.3) is 11.6 Å². The van der Waals surface area contributed by atoms with E-state index in [-0.39, 0.29) is 5.78 Å². The molecule has 0 amide bonds. The van der Waals surface area contributed by atoms with E-state index in [2.05, 4.69) is 43.6 Å². The van der Waals surface area contributed by atoms with Crippen LogP contribution in [0.4, 0.5) is 0 Å². The SMILES string of the molecule is CCCCCCCCCCCCCCCCCC[NH+]1C=CC(=CC=C2C(=O)C=Cc3ccccc32)C=C1. The normalized spacial score (nSPS) is 17.5. The fourth-order valence-electron chi connectivity index (χ4n) is 5.30. The molecule has 3 rings (SSSR count). The summed E-state index contributed by atoms with van der Waals surface area (Å²) in [7, 11) is 0. The van der Waals surface area contributed by atoms with Crippen LogP contribution in [-0.2, 0) is 4.79 Å². The molecule has 0 fully saturated rings. The molecule has 1 aromatic rings. The zero-order chi connectivity index (χ0) is 26.0. The zero-order valence-electron chi connectivity index (χ0n) is 23.4. The summed E-state index contributed by atoms with van der Waals surface area (Å²) >= 11 is 0. The Kier molecular flexibility index (Phi) is 14.1. The number of ketones is 1. The first-order valence-corrected chi connectivity index (χ1v) is 15.2. The van der Waals surface area contributed by atoms with E-state index >= 15 is 0 Å². The Morgan fingerprint density at radius 1 is 0.622 bits per heavy atom. The lowest BCUT2D eigenvalue weighted by molar-refractivity contribution is -0.791. The summed E-state index contributed by atoms with van der Waals surface area (Å²) in [5, 5.41) is 0. The van der Waals surface area contributed by atoms with E-state index in [1.165, 1.54) is 108 Å². The molecule has 0 spiro atoms. The predicted octanol–water partition coefficient (Wildman–Crippen LogP) is 8.78. The molecule has 0 radical (unpaired) electrons. The summed E-state index contributed by atoms with van der Waals surface area (Å²) in [6.07, 6.45) is 39.0. The van der Waals surface area contributed by atoms with Crippen LogP contribution in [0, 0.1) is 0 Å². The van der Waals surface area contributed by atoms with Crippen molar-refractivity contribution in [3.8, 4) is 0 Å². The van der Waals surface area contributed by atoms with Crippen molar-refractivity contribution in [2.75, 3.05) is 6.54 Å².